The second kappa shape index (κ2) is 5.97. The molecule has 1 aromatic rings. The second-order valence-electron chi connectivity index (χ2n) is 2.93. The first-order valence-electron chi connectivity index (χ1n) is 4.75. The molecule has 0 bridgehead atoms. The van der Waals surface area contributed by atoms with Crippen molar-refractivity contribution in [2.24, 2.45) is 0 Å². The highest BCUT2D eigenvalue weighted by molar-refractivity contribution is 5.89. The number of esters is 1. The van der Waals surface area contributed by atoms with Gasteiger partial charge in [-0.3, -0.25) is 0 Å². The van der Waals surface area contributed by atoms with E-state index in [0.717, 1.165) is 12.8 Å². The zero-order valence-electron chi connectivity index (χ0n) is 8.27. The van der Waals surface area contributed by atoms with Gasteiger partial charge >= 0.3 is 5.97 Å². The number of hydrogen-bond donors (Lipinski definition) is 0. The lowest BCUT2D eigenvalue weighted by Crippen LogP contribution is -1.99. The Bertz CT molecular complexity index is 301. The molecule has 1 rings (SSSR count). The van der Waals surface area contributed by atoms with Crippen LogP contribution in [-0.2, 0) is 4.74 Å². The Kier molecular flexibility index (Phi) is 4.48. The van der Waals surface area contributed by atoms with E-state index in [-0.39, 0.29) is 5.97 Å². The quantitative estimate of drug-likeness (QED) is 0.538. The molecular formula is C12H14O2. The standard InChI is InChI=1S/C12H14O2/c1-2-3-7-10-14-12(13)11-8-5-4-6-9-11/h4-10H,2-3H2,1H3/b10-7+. The number of benzene rings is 1. The summed E-state index contributed by atoms with van der Waals surface area (Å²) in [4.78, 5) is 11.3. The van der Waals surface area contributed by atoms with Gasteiger partial charge in [0.15, 0.2) is 0 Å². The van der Waals surface area contributed by atoms with Gasteiger partial charge in [0.1, 0.15) is 0 Å². The predicted molar refractivity (Wildman–Crippen MR) is 55.9 cm³/mol. The number of carbonyl (C=O) groups is 1. The molecule has 0 saturated heterocycles. The van der Waals surface area contributed by atoms with E-state index in [9.17, 15) is 4.79 Å². The van der Waals surface area contributed by atoms with Gasteiger partial charge in [-0.1, -0.05) is 31.5 Å². The fourth-order valence-electron chi connectivity index (χ4n) is 0.987. The number of allylic oxidation sites excluding steroid dienone is 1. The molecular weight excluding hydrogens is 176 g/mol. The van der Waals surface area contributed by atoms with E-state index in [2.05, 4.69) is 6.92 Å². The first kappa shape index (κ1) is 10.5. The van der Waals surface area contributed by atoms with Crippen LogP contribution in [0.1, 0.15) is 30.1 Å². The third-order valence-electron chi connectivity index (χ3n) is 1.74. The Hall–Kier alpha value is -1.57. The van der Waals surface area contributed by atoms with Crippen LogP contribution in [0.25, 0.3) is 0 Å². The molecule has 74 valence electrons. The summed E-state index contributed by atoms with van der Waals surface area (Å²) in [6, 6.07) is 8.95. The summed E-state index contributed by atoms with van der Waals surface area (Å²) in [6.07, 6.45) is 5.29. The number of hydrogen-bond acceptors (Lipinski definition) is 2. The van der Waals surface area contributed by atoms with Crippen molar-refractivity contribution < 1.29 is 9.53 Å². The molecule has 0 aliphatic heterocycles. The van der Waals surface area contributed by atoms with Crippen molar-refractivity contribution in [2.75, 3.05) is 0 Å². The van der Waals surface area contributed by atoms with Gasteiger partial charge in [-0.25, -0.2) is 4.79 Å². The van der Waals surface area contributed by atoms with Gasteiger partial charge in [-0.15, -0.1) is 0 Å². The highest BCUT2D eigenvalue weighted by Crippen LogP contribution is 2.01. The fraction of sp³-hybridized carbons (Fsp3) is 0.250. The molecule has 0 saturated carbocycles. The number of rotatable bonds is 4. The lowest BCUT2D eigenvalue weighted by Gasteiger charge is -1.97. The molecule has 0 spiro atoms. The number of unbranched alkanes of at least 4 members (excludes halogenated alkanes) is 1. The van der Waals surface area contributed by atoms with Crippen LogP contribution in [-0.4, -0.2) is 5.97 Å². The van der Waals surface area contributed by atoms with E-state index < -0.39 is 0 Å². The average molecular weight is 190 g/mol. The Morgan fingerprint density at radius 3 is 2.71 bits per heavy atom. The fourth-order valence-corrected chi connectivity index (χ4v) is 0.987. The van der Waals surface area contributed by atoms with Crippen LogP contribution in [0.4, 0.5) is 0 Å². The summed E-state index contributed by atoms with van der Waals surface area (Å²) < 4.78 is 4.91. The molecule has 2 nitrogen and oxygen atoms in total. The summed E-state index contributed by atoms with van der Waals surface area (Å²) in [5.41, 5.74) is 0.577. The summed E-state index contributed by atoms with van der Waals surface area (Å²) in [6.45, 7) is 2.07. The first-order chi connectivity index (χ1) is 6.84. The average Bonchev–Trinajstić information content (AvgIpc) is 2.25. The largest absolute Gasteiger partial charge is 0.431 e. The maximum absolute atomic E-state index is 11.3. The molecule has 0 heterocycles. The van der Waals surface area contributed by atoms with Gasteiger partial charge in [0.25, 0.3) is 0 Å². The van der Waals surface area contributed by atoms with Crippen molar-refractivity contribution in [1.82, 2.24) is 0 Å². The highest BCUT2D eigenvalue weighted by Gasteiger charge is 2.02. The molecule has 0 fully saturated rings. The SMILES string of the molecule is CCC/C=C/OC(=O)c1ccccc1. The van der Waals surface area contributed by atoms with Crippen LogP contribution in [0.15, 0.2) is 42.7 Å². The monoisotopic (exact) mass is 190 g/mol. The van der Waals surface area contributed by atoms with E-state index in [1.54, 1.807) is 12.1 Å². The molecule has 2 heteroatoms. The van der Waals surface area contributed by atoms with Gasteiger partial charge < -0.3 is 4.74 Å². The lowest BCUT2D eigenvalue weighted by molar-refractivity contribution is 0.0662. The molecule has 0 aliphatic carbocycles. The molecule has 0 N–H and O–H groups in total. The van der Waals surface area contributed by atoms with Crippen LogP contribution in [0.3, 0.4) is 0 Å². The van der Waals surface area contributed by atoms with Crippen LogP contribution < -0.4 is 0 Å². The number of ether oxygens (including phenoxy) is 1. The van der Waals surface area contributed by atoms with Crippen molar-refractivity contribution in [1.29, 1.82) is 0 Å². The summed E-state index contributed by atoms with van der Waals surface area (Å²) in [5.74, 6) is -0.307. The van der Waals surface area contributed by atoms with Gasteiger partial charge in [-0.05, 0) is 24.6 Å². The normalized spacial score (nSPS) is 10.4. The van der Waals surface area contributed by atoms with Crippen molar-refractivity contribution in [3.63, 3.8) is 0 Å². The Morgan fingerprint density at radius 1 is 1.36 bits per heavy atom. The summed E-state index contributed by atoms with van der Waals surface area (Å²) >= 11 is 0. The highest BCUT2D eigenvalue weighted by atomic mass is 16.5. The van der Waals surface area contributed by atoms with E-state index in [1.807, 2.05) is 24.3 Å². The lowest BCUT2D eigenvalue weighted by atomic mass is 10.2. The molecule has 0 radical (unpaired) electrons. The Balaban J connectivity index is 2.44. The molecule has 0 unspecified atom stereocenters. The Labute approximate surface area is 84.2 Å². The van der Waals surface area contributed by atoms with Crippen LogP contribution >= 0.6 is 0 Å². The molecule has 0 atom stereocenters. The third-order valence-corrected chi connectivity index (χ3v) is 1.74. The summed E-state index contributed by atoms with van der Waals surface area (Å²) in [7, 11) is 0. The number of carbonyl (C=O) groups excluding carboxylic acids is 1. The molecule has 1 aromatic carbocycles. The molecule has 0 amide bonds. The van der Waals surface area contributed by atoms with Crippen molar-refractivity contribution >= 4 is 5.97 Å². The maximum Gasteiger partial charge on any atom is 0.342 e. The van der Waals surface area contributed by atoms with Gasteiger partial charge in [0, 0.05) is 0 Å². The Morgan fingerprint density at radius 2 is 2.07 bits per heavy atom. The van der Waals surface area contributed by atoms with Gasteiger partial charge in [0.2, 0.25) is 0 Å². The molecule has 0 aliphatic rings. The predicted octanol–water partition coefficient (Wildman–Crippen LogP) is 3.16. The van der Waals surface area contributed by atoms with Crippen molar-refractivity contribution in [3.8, 4) is 0 Å². The van der Waals surface area contributed by atoms with Crippen LogP contribution in [0.5, 0.6) is 0 Å². The maximum atomic E-state index is 11.3. The van der Waals surface area contributed by atoms with Crippen LogP contribution in [0.2, 0.25) is 0 Å². The molecule has 14 heavy (non-hydrogen) atoms. The minimum Gasteiger partial charge on any atom is -0.431 e. The topological polar surface area (TPSA) is 26.3 Å². The van der Waals surface area contributed by atoms with Gasteiger partial charge in [-0.2, -0.15) is 0 Å². The van der Waals surface area contributed by atoms with E-state index in [4.69, 9.17) is 4.74 Å². The zero-order chi connectivity index (χ0) is 10.2. The first-order valence-corrected chi connectivity index (χ1v) is 4.75. The van der Waals surface area contributed by atoms with Crippen molar-refractivity contribution in [2.45, 2.75) is 19.8 Å². The zero-order valence-corrected chi connectivity index (χ0v) is 8.27. The summed E-state index contributed by atoms with van der Waals surface area (Å²) in [5, 5.41) is 0. The smallest absolute Gasteiger partial charge is 0.342 e. The second-order valence-corrected chi connectivity index (χ2v) is 2.93. The van der Waals surface area contributed by atoms with E-state index in [1.165, 1.54) is 6.26 Å². The van der Waals surface area contributed by atoms with Crippen molar-refractivity contribution in [3.05, 3.63) is 48.2 Å². The van der Waals surface area contributed by atoms with Gasteiger partial charge in [0.05, 0.1) is 11.8 Å². The van der Waals surface area contributed by atoms with E-state index in [0.29, 0.717) is 5.56 Å². The minimum atomic E-state index is -0.307. The van der Waals surface area contributed by atoms with E-state index >= 15 is 0 Å². The van der Waals surface area contributed by atoms with Crippen LogP contribution in [0, 0.1) is 0 Å². The third kappa shape index (κ3) is 3.44. The minimum absolute atomic E-state index is 0.307. The molecule has 0 aromatic heterocycles.